The molecule has 0 N–H and O–H groups in total. The normalized spacial score (nSPS) is 28.4. The molecule has 1 aliphatic heterocycles. The Morgan fingerprint density at radius 1 is 1.20 bits per heavy atom. The van der Waals surface area contributed by atoms with Crippen LogP contribution in [0.5, 0.6) is 0 Å². The van der Waals surface area contributed by atoms with Crippen LogP contribution in [-0.4, -0.2) is 23.0 Å². The molecule has 2 nitrogen and oxygen atoms in total. The van der Waals surface area contributed by atoms with Crippen LogP contribution in [0.3, 0.4) is 0 Å². The number of piperidine rings is 1. The molecule has 102 valence electrons. The lowest BCUT2D eigenvalue weighted by Gasteiger charge is -2.19. The minimum absolute atomic E-state index is 0.647. The Morgan fingerprint density at radius 3 is 2.70 bits per heavy atom. The van der Waals surface area contributed by atoms with Crippen molar-refractivity contribution < 1.29 is 0 Å². The van der Waals surface area contributed by atoms with Gasteiger partial charge in [-0.3, -0.25) is 9.88 Å². The molecular weight excluding hydrogens is 244 g/mol. The van der Waals surface area contributed by atoms with Crippen molar-refractivity contribution in [1.29, 1.82) is 0 Å². The van der Waals surface area contributed by atoms with E-state index in [9.17, 15) is 0 Å². The van der Waals surface area contributed by atoms with Gasteiger partial charge in [-0.05, 0) is 35.4 Å². The number of hydrogen-bond donors (Lipinski definition) is 0. The third-order valence-corrected chi connectivity index (χ3v) is 4.92. The first-order chi connectivity index (χ1) is 9.73. The molecule has 4 rings (SSSR count). The maximum absolute atomic E-state index is 4.40. The fourth-order valence-corrected chi connectivity index (χ4v) is 3.56. The molecule has 1 saturated heterocycles. The number of fused-ring (bicyclic) bond motifs is 1. The van der Waals surface area contributed by atoms with E-state index in [2.05, 4.69) is 47.1 Å². The van der Waals surface area contributed by atoms with E-state index in [4.69, 9.17) is 0 Å². The molecule has 2 atom stereocenters. The van der Waals surface area contributed by atoms with Gasteiger partial charge in [-0.25, -0.2) is 0 Å². The predicted molar refractivity (Wildman–Crippen MR) is 81.2 cm³/mol. The van der Waals surface area contributed by atoms with E-state index in [-0.39, 0.29) is 0 Å². The summed E-state index contributed by atoms with van der Waals surface area (Å²) < 4.78 is 0. The highest BCUT2D eigenvalue weighted by atomic mass is 15.2. The lowest BCUT2D eigenvalue weighted by molar-refractivity contribution is 0.278. The van der Waals surface area contributed by atoms with Gasteiger partial charge in [0.05, 0.1) is 5.69 Å². The zero-order valence-corrected chi connectivity index (χ0v) is 11.9. The molecule has 20 heavy (non-hydrogen) atoms. The molecule has 2 fully saturated rings. The first-order valence-electron chi connectivity index (χ1n) is 7.46. The quantitative estimate of drug-likeness (QED) is 0.842. The fourth-order valence-electron chi connectivity index (χ4n) is 3.56. The maximum atomic E-state index is 4.40. The van der Waals surface area contributed by atoms with Crippen molar-refractivity contribution in [3.8, 4) is 11.3 Å². The van der Waals surface area contributed by atoms with Crippen LogP contribution in [0.1, 0.15) is 18.9 Å². The van der Waals surface area contributed by atoms with Crippen LogP contribution in [0.4, 0.5) is 0 Å². The Morgan fingerprint density at radius 2 is 2.05 bits per heavy atom. The third kappa shape index (κ3) is 2.14. The molecule has 1 aliphatic carbocycles. The van der Waals surface area contributed by atoms with Crippen molar-refractivity contribution in [2.75, 3.05) is 13.1 Å². The standard InChI is InChI=1S/C18H20N2/c1-18-10-16(18)12-20(13-18)11-14-5-7-15(8-6-14)17-4-2-3-9-19-17/h2-9,16H,10-13H2,1H3. The van der Waals surface area contributed by atoms with Crippen molar-refractivity contribution in [2.45, 2.75) is 19.9 Å². The molecule has 2 aliphatic rings. The van der Waals surface area contributed by atoms with E-state index in [0.29, 0.717) is 5.41 Å². The molecule has 0 radical (unpaired) electrons. The van der Waals surface area contributed by atoms with Gasteiger partial charge in [0.15, 0.2) is 0 Å². The van der Waals surface area contributed by atoms with Gasteiger partial charge >= 0.3 is 0 Å². The number of likely N-dealkylation sites (tertiary alicyclic amines) is 1. The Balaban J connectivity index is 1.45. The first-order valence-corrected chi connectivity index (χ1v) is 7.46. The molecule has 0 bridgehead atoms. The molecule has 0 spiro atoms. The zero-order valence-electron chi connectivity index (χ0n) is 11.9. The smallest absolute Gasteiger partial charge is 0.0701 e. The van der Waals surface area contributed by atoms with Gasteiger partial charge in [-0.15, -0.1) is 0 Å². The molecule has 2 heterocycles. The van der Waals surface area contributed by atoms with Gasteiger partial charge in [0.2, 0.25) is 0 Å². The summed E-state index contributed by atoms with van der Waals surface area (Å²) in [5.41, 5.74) is 4.31. The van der Waals surface area contributed by atoms with Gasteiger partial charge in [-0.2, -0.15) is 0 Å². The van der Waals surface area contributed by atoms with Crippen molar-refractivity contribution in [2.24, 2.45) is 11.3 Å². The van der Waals surface area contributed by atoms with Crippen LogP contribution in [0, 0.1) is 11.3 Å². The minimum Gasteiger partial charge on any atom is -0.298 e. The highest BCUT2D eigenvalue weighted by Crippen LogP contribution is 2.57. The topological polar surface area (TPSA) is 16.1 Å². The van der Waals surface area contributed by atoms with E-state index < -0.39 is 0 Å². The van der Waals surface area contributed by atoms with E-state index >= 15 is 0 Å². The molecule has 1 aromatic heterocycles. The molecule has 2 heteroatoms. The van der Waals surface area contributed by atoms with Gasteiger partial charge in [0.1, 0.15) is 0 Å². The Kier molecular flexibility index (Phi) is 2.67. The minimum atomic E-state index is 0.647. The first kappa shape index (κ1) is 12.1. The van der Waals surface area contributed by atoms with Gasteiger partial charge in [-0.1, -0.05) is 37.3 Å². The van der Waals surface area contributed by atoms with E-state index in [1.165, 1.54) is 30.6 Å². The van der Waals surface area contributed by atoms with Crippen LogP contribution < -0.4 is 0 Å². The van der Waals surface area contributed by atoms with Crippen LogP contribution in [0.25, 0.3) is 11.3 Å². The van der Waals surface area contributed by atoms with Crippen LogP contribution in [0.2, 0.25) is 0 Å². The van der Waals surface area contributed by atoms with E-state index in [1.807, 2.05) is 18.3 Å². The lowest BCUT2D eigenvalue weighted by Crippen LogP contribution is -2.23. The summed E-state index contributed by atoms with van der Waals surface area (Å²) in [6, 6.07) is 14.9. The molecule has 0 amide bonds. The summed E-state index contributed by atoms with van der Waals surface area (Å²) in [6.45, 7) is 6.09. The summed E-state index contributed by atoms with van der Waals surface area (Å²) in [7, 11) is 0. The number of nitrogens with zero attached hydrogens (tertiary/aromatic N) is 2. The maximum Gasteiger partial charge on any atom is 0.0701 e. The average molecular weight is 264 g/mol. The number of benzene rings is 1. The monoisotopic (exact) mass is 264 g/mol. The summed E-state index contributed by atoms with van der Waals surface area (Å²) >= 11 is 0. The van der Waals surface area contributed by atoms with Crippen molar-refractivity contribution in [3.63, 3.8) is 0 Å². The second kappa shape index (κ2) is 4.42. The number of hydrogen-bond acceptors (Lipinski definition) is 2. The summed E-state index contributed by atoms with van der Waals surface area (Å²) in [6.07, 6.45) is 3.29. The largest absolute Gasteiger partial charge is 0.298 e. The second-order valence-corrected chi connectivity index (χ2v) is 6.64. The molecule has 1 saturated carbocycles. The van der Waals surface area contributed by atoms with Gasteiger partial charge in [0.25, 0.3) is 0 Å². The number of aromatic nitrogens is 1. The summed E-state index contributed by atoms with van der Waals surface area (Å²) in [5, 5.41) is 0. The Labute approximate surface area is 120 Å². The average Bonchev–Trinajstić information content (AvgIpc) is 2.99. The summed E-state index contributed by atoms with van der Waals surface area (Å²) in [4.78, 5) is 7.00. The highest BCUT2D eigenvalue weighted by molar-refractivity contribution is 5.58. The summed E-state index contributed by atoms with van der Waals surface area (Å²) in [5.74, 6) is 0.968. The highest BCUT2D eigenvalue weighted by Gasteiger charge is 2.55. The predicted octanol–water partition coefficient (Wildman–Crippen LogP) is 3.59. The van der Waals surface area contributed by atoms with Gasteiger partial charge in [0, 0.05) is 31.4 Å². The Bertz CT molecular complexity index is 605. The van der Waals surface area contributed by atoms with E-state index in [0.717, 1.165) is 18.2 Å². The molecule has 2 unspecified atom stereocenters. The van der Waals surface area contributed by atoms with Crippen LogP contribution >= 0.6 is 0 Å². The molecule has 2 aromatic rings. The molecule has 1 aromatic carbocycles. The number of rotatable bonds is 3. The fraction of sp³-hybridized carbons (Fsp3) is 0.389. The van der Waals surface area contributed by atoms with Crippen LogP contribution in [-0.2, 0) is 6.54 Å². The zero-order chi connectivity index (χ0) is 13.6. The van der Waals surface area contributed by atoms with Gasteiger partial charge < -0.3 is 0 Å². The second-order valence-electron chi connectivity index (χ2n) is 6.64. The SMILES string of the molecule is CC12CC1CN(Cc1ccc(-c3ccccn3)cc1)C2. The van der Waals surface area contributed by atoms with Crippen molar-refractivity contribution >= 4 is 0 Å². The van der Waals surface area contributed by atoms with Crippen LogP contribution in [0.15, 0.2) is 48.7 Å². The number of pyridine rings is 1. The third-order valence-electron chi connectivity index (χ3n) is 4.92. The van der Waals surface area contributed by atoms with E-state index in [1.54, 1.807) is 0 Å². The Hall–Kier alpha value is -1.67. The lowest BCUT2D eigenvalue weighted by atomic mass is 10.1. The van der Waals surface area contributed by atoms with Crippen molar-refractivity contribution in [3.05, 3.63) is 54.2 Å². The molecular formula is C18H20N2. The van der Waals surface area contributed by atoms with Crippen molar-refractivity contribution in [1.82, 2.24) is 9.88 Å².